The molecule has 2 aromatic heterocycles. The summed E-state index contributed by atoms with van der Waals surface area (Å²) in [6, 6.07) is 15.9. The van der Waals surface area contributed by atoms with E-state index in [0.29, 0.717) is 16.2 Å². The maximum atomic E-state index is 12.7. The van der Waals surface area contributed by atoms with E-state index >= 15 is 0 Å². The van der Waals surface area contributed by atoms with E-state index in [2.05, 4.69) is 25.5 Å². The quantitative estimate of drug-likeness (QED) is 0.590. The Bertz CT molecular complexity index is 1120. The van der Waals surface area contributed by atoms with Gasteiger partial charge in [-0.15, -0.1) is 10.2 Å². The third-order valence-electron chi connectivity index (χ3n) is 4.39. The van der Waals surface area contributed by atoms with Gasteiger partial charge in [-0.25, -0.2) is 0 Å². The molecule has 1 aliphatic heterocycles. The molecule has 2 unspecified atom stereocenters. The highest BCUT2D eigenvalue weighted by Crippen LogP contribution is 2.62. The van der Waals surface area contributed by atoms with Crippen molar-refractivity contribution in [3.05, 3.63) is 96.1 Å². The van der Waals surface area contributed by atoms with E-state index < -0.39 is 21.5 Å². The molecule has 0 saturated heterocycles. The fourth-order valence-electron chi connectivity index (χ4n) is 2.86. The zero-order chi connectivity index (χ0) is 21.7. The number of aliphatic hydroxyl groups excluding tert-OH is 1. The molecule has 8 nitrogen and oxygen atoms in total. The Balaban J connectivity index is 1.67. The molecule has 3 heterocycles. The Hall–Kier alpha value is -3.11. The van der Waals surface area contributed by atoms with E-state index in [1.807, 2.05) is 30.3 Å². The highest BCUT2D eigenvalue weighted by atomic mass is 35.7. The van der Waals surface area contributed by atoms with Crippen LogP contribution < -0.4 is 5.32 Å². The van der Waals surface area contributed by atoms with Crippen LogP contribution >= 0.6 is 20.2 Å². The number of carbonyl (C=O) groups is 1. The van der Waals surface area contributed by atoms with Crippen molar-refractivity contribution < 1.29 is 14.1 Å². The lowest BCUT2D eigenvalue weighted by Gasteiger charge is -2.33. The van der Waals surface area contributed by atoms with Gasteiger partial charge in [0.15, 0.2) is 5.04 Å². The number of nitrogens with zero attached hydrogens (tertiary/aromatic N) is 4. The number of rotatable bonds is 6. The number of carbonyl (C=O) groups excluding carboxylic acids is 1. The second-order valence-corrected chi connectivity index (χ2v) is 9.65. The van der Waals surface area contributed by atoms with Crippen molar-refractivity contribution in [3.8, 4) is 0 Å². The van der Waals surface area contributed by atoms with Crippen LogP contribution in [0.3, 0.4) is 0 Å². The van der Waals surface area contributed by atoms with Crippen LogP contribution in [0.25, 0.3) is 0 Å². The summed E-state index contributed by atoms with van der Waals surface area (Å²) in [4.78, 5) is 20.7. The molecule has 0 radical (unpaired) electrons. The van der Waals surface area contributed by atoms with E-state index in [4.69, 9.17) is 14.9 Å². The Morgan fingerprint density at radius 1 is 1.03 bits per heavy atom. The number of pyridine rings is 2. The Morgan fingerprint density at radius 2 is 1.81 bits per heavy atom. The van der Waals surface area contributed by atoms with Gasteiger partial charge in [0.25, 0.3) is 5.91 Å². The standard InChI is InChI=1S/C21H18ClN5O3S/c22-31(30-18(14-28)15-5-2-1-3-6-15)20(16-8-11-23-12-9-16)26-27-21(31)25-19(29)17-7-4-10-24-13-17/h1-13,18,28H,14H2,(H,25,27,29). The number of aromatic nitrogens is 2. The van der Waals surface area contributed by atoms with E-state index in [1.54, 1.807) is 42.9 Å². The normalized spacial score (nSPS) is 20.8. The largest absolute Gasteiger partial charge is 0.393 e. The number of nitrogens with one attached hydrogen (secondary N) is 1. The number of halogens is 1. The fraction of sp³-hybridized carbons (Fsp3) is 0.0952. The topological polar surface area (TPSA) is 109 Å². The summed E-state index contributed by atoms with van der Waals surface area (Å²) in [5.41, 5.74) is 1.72. The van der Waals surface area contributed by atoms with Gasteiger partial charge < -0.3 is 5.11 Å². The minimum absolute atomic E-state index is 0.0733. The third kappa shape index (κ3) is 4.49. The molecule has 31 heavy (non-hydrogen) atoms. The van der Waals surface area contributed by atoms with Crippen LogP contribution in [-0.4, -0.2) is 37.8 Å². The maximum absolute atomic E-state index is 12.7. The molecule has 0 spiro atoms. The summed E-state index contributed by atoms with van der Waals surface area (Å²) in [7, 11) is 4.16. The van der Waals surface area contributed by atoms with Crippen molar-refractivity contribution in [2.24, 2.45) is 10.2 Å². The minimum Gasteiger partial charge on any atom is -0.393 e. The van der Waals surface area contributed by atoms with Crippen molar-refractivity contribution in [3.63, 3.8) is 0 Å². The molecule has 4 rings (SSSR count). The number of hydrogen-bond acceptors (Lipinski definition) is 7. The second-order valence-electron chi connectivity index (χ2n) is 6.41. The van der Waals surface area contributed by atoms with Gasteiger partial charge in [-0.2, -0.15) is 0 Å². The molecular formula is C21H18ClN5O3S. The number of benzene rings is 1. The lowest BCUT2D eigenvalue weighted by molar-refractivity contribution is 0.0977. The zero-order valence-electron chi connectivity index (χ0n) is 16.1. The van der Waals surface area contributed by atoms with Crippen molar-refractivity contribution in [1.82, 2.24) is 15.3 Å². The molecule has 0 bridgehead atoms. The maximum Gasteiger partial charge on any atom is 0.258 e. The number of hydrogen-bond donors (Lipinski definition) is 2. The number of amides is 1. The van der Waals surface area contributed by atoms with Gasteiger partial charge in [0.1, 0.15) is 6.10 Å². The predicted octanol–water partition coefficient (Wildman–Crippen LogP) is 3.56. The molecule has 2 atom stereocenters. The summed E-state index contributed by atoms with van der Waals surface area (Å²) >= 11 is 0. The lowest BCUT2D eigenvalue weighted by atomic mass is 10.1. The average molecular weight is 456 g/mol. The average Bonchev–Trinajstić information content (AvgIpc) is 3.14. The van der Waals surface area contributed by atoms with Crippen molar-refractivity contribution in [2.75, 3.05) is 6.61 Å². The summed E-state index contributed by atoms with van der Waals surface area (Å²) < 4.78 is 6.24. The van der Waals surface area contributed by atoms with Crippen LogP contribution in [0.1, 0.15) is 27.6 Å². The Morgan fingerprint density at radius 3 is 2.48 bits per heavy atom. The van der Waals surface area contributed by atoms with Crippen LogP contribution in [0, 0.1) is 0 Å². The first kappa shape index (κ1) is 21.1. The van der Waals surface area contributed by atoms with Crippen LogP contribution in [0.15, 0.2) is 89.6 Å². The lowest BCUT2D eigenvalue weighted by Crippen LogP contribution is -2.35. The molecule has 10 heteroatoms. The molecular weight excluding hydrogens is 438 g/mol. The van der Waals surface area contributed by atoms with Gasteiger partial charge in [-0.05, 0) is 40.5 Å². The highest BCUT2D eigenvalue weighted by molar-refractivity contribution is 8.67. The minimum atomic E-state index is -2.87. The first-order valence-corrected chi connectivity index (χ1v) is 11.6. The third-order valence-corrected chi connectivity index (χ3v) is 7.47. The predicted molar refractivity (Wildman–Crippen MR) is 121 cm³/mol. The second kappa shape index (κ2) is 9.36. The number of amidine groups is 1. The molecule has 0 saturated carbocycles. The van der Waals surface area contributed by atoms with Crippen LogP contribution in [0.5, 0.6) is 0 Å². The smallest absolute Gasteiger partial charge is 0.258 e. The van der Waals surface area contributed by atoms with E-state index in [0.717, 1.165) is 5.56 Å². The molecule has 0 fully saturated rings. The van der Waals surface area contributed by atoms with E-state index in [9.17, 15) is 9.90 Å². The summed E-state index contributed by atoms with van der Waals surface area (Å²) in [5.74, 6) is -0.445. The molecule has 158 valence electrons. The number of aliphatic hydroxyl groups is 1. The van der Waals surface area contributed by atoms with Crippen LogP contribution in [0.2, 0.25) is 0 Å². The molecule has 1 aliphatic rings. The SMILES string of the molecule is O=C(NC1=NN=C(c2ccncc2)S1(Cl)OC(CO)c1ccccc1)c1cccnc1. The van der Waals surface area contributed by atoms with Gasteiger partial charge in [0.2, 0.25) is 5.17 Å². The molecule has 2 N–H and O–H groups in total. The van der Waals surface area contributed by atoms with Crippen LogP contribution in [-0.2, 0) is 4.18 Å². The van der Waals surface area contributed by atoms with Crippen LogP contribution in [0.4, 0.5) is 0 Å². The Kier molecular flexibility index (Phi) is 6.38. The first-order valence-electron chi connectivity index (χ1n) is 9.26. The van der Waals surface area contributed by atoms with Gasteiger partial charge in [0.05, 0.1) is 21.7 Å². The fourth-order valence-corrected chi connectivity index (χ4v) is 5.50. The summed E-state index contributed by atoms with van der Waals surface area (Å²) in [6.07, 6.45) is 5.45. The van der Waals surface area contributed by atoms with Gasteiger partial charge in [0, 0.05) is 30.4 Å². The highest BCUT2D eigenvalue weighted by Gasteiger charge is 2.44. The molecule has 3 aromatic rings. The molecule has 1 aromatic carbocycles. The summed E-state index contributed by atoms with van der Waals surface area (Å²) in [6.45, 7) is -0.320. The Labute approximate surface area is 184 Å². The zero-order valence-corrected chi connectivity index (χ0v) is 17.7. The molecule has 0 aliphatic carbocycles. The van der Waals surface area contributed by atoms with Gasteiger partial charge >= 0.3 is 0 Å². The monoisotopic (exact) mass is 455 g/mol. The summed E-state index contributed by atoms with van der Waals surface area (Å²) in [5, 5.41) is 21.5. The molecule has 1 amide bonds. The van der Waals surface area contributed by atoms with Gasteiger partial charge in [-0.3, -0.25) is 24.3 Å². The van der Waals surface area contributed by atoms with Crippen molar-refractivity contribution in [1.29, 1.82) is 0 Å². The first-order chi connectivity index (χ1) is 15.1. The van der Waals surface area contributed by atoms with E-state index in [1.165, 1.54) is 6.20 Å². The van der Waals surface area contributed by atoms with Gasteiger partial charge in [-0.1, -0.05) is 30.3 Å². The van der Waals surface area contributed by atoms with Crippen molar-refractivity contribution in [2.45, 2.75) is 6.10 Å². The van der Waals surface area contributed by atoms with E-state index in [-0.39, 0.29) is 11.8 Å². The van der Waals surface area contributed by atoms with Crippen molar-refractivity contribution >= 4 is 36.3 Å².